The van der Waals surface area contributed by atoms with E-state index < -0.39 is 57.9 Å². The van der Waals surface area contributed by atoms with Gasteiger partial charge in [-0.2, -0.15) is 0 Å². The predicted molar refractivity (Wildman–Crippen MR) is 553 cm³/mol. The summed E-state index contributed by atoms with van der Waals surface area (Å²) in [5.74, 6) is 2.95. The smallest absolute Gasteiger partial charge is 0.411 e. The fourth-order valence-corrected chi connectivity index (χ4v) is 14.1. The van der Waals surface area contributed by atoms with Crippen LogP contribution in [0.15, 0.2) is 237 Å². The van der Waals surface area contributed by atoms with Gasteiger partial charge in [0.2, 0.25) is 17.7 Å². The highest BCUT2D eigenvalue weighted by Crippen LogP contribution is 2.44. The summed E-state index contributed by atoms with van der Waals surface area (Å²) in [7, 11) is 0. The van der Waals surface area contributed by atoms with Gasteiger partial charge in [-0.25, -0.2) is 14.4 Å². The molecule has 137 heavy (non-hydrogen) atoms. The van der Waals surface area contributed by atoms with Crippen LogP contribution in [0.4, 0.5) is 31.4 Å². The maximum absolute atomic E-state index is 13.6. The molecule has 12 rings (SSSR count). The van der Waals surface area contributed by atoms with E-state index in [0.717, 1.165) is 29.5 Å². The predicted octanol–water partition coefficient (Wildman–Crippen LogP) is 27.6. The van der Waals surface area contributed by atoms with Crippen molar-refractivity contribution in [1.29, 1.82) is 0 Å². The first-order valence-electron chi connectivity index (χ1n) is 48.1. The average Bonchev–Trinajstić information content (AvgIpc) is 0.786. The lowest BCUT2D eigenvalue weighted by molar-refractivity contribution is -0.148. The van der Waals surface area contributed by atoms with Crippen LogP contribution in [0.3, 0.4) is 0 Å². The molecule has 3 aliphatic heterocycles. The van der Waals surface area contributed by atoms with Crippen molar-refractivity contribution >= 4 is 59.0 Å². The fourth-order valence-electron chi connectivity index (χ4n) is 14.1. The minimum atomic E-state index is -1.15. The quantitative estimate of drug-likeness (QED) is 0.0453. The summed E-state index contributed by atoms with van der Waals surface area (Å²) >= 11 is 0. The highest BCUT2D eigenvalue weighted by Gasteiger charge is 2.46. The van der Waals surface area contributed by atoms with Crippen molar-refractivity contribution in [2.24, 2.45) is 16.2 Å². The Bertz CT molecular complexity index is 4880. The van der Waals surface area contributed by atoms with Crippen molar-refractivity contribution in [1.82, 2.24) is 14.7 Å². The van der Waals surface area contributed by atoms with Crippen LogP contribution >= 0.6 is 0 Å². The number of rotatable bonds is 27. The summed E-state index contributed by atoms with van der Waals surface area (Å²) < 4.78 is 54.2. The number of carbonyl (C=O) groups is 7. The Balaban J connectivity index is 0.000000499. The van der Waals surface area contributed by atoms with Crippen LogP contribution in [0, 0.1) is 16.2 Å². The summed E-state index contributed by atoms with van der Waals surface area (Å²) in [5, 5.41) is 19.8. The van der Waals surface area contributed by atoms with Gasteiger partial charge in [0.05, 0.1) is 40.6 Å². The number of aliphatic carboxylic acids is 1. The van der Waals surface area contributed by atoms with E-state index >= 15 is 0 Å². The van der Waals surface area contributed by atoms with Gasteiger partial charge in [-0.3, -0.25) is 33.9 Å². The molecule has 3 atom stereocenters. The minimum absolute atomic E-state index is 0. The molecular weight excluding hydrogens is 1730 g/mol. The average molecular weight is 1890 g/mol. The zero-order valence-electron chi connectivity index (χ0n) is 86.3. The fraction of sp³-hybridized carbons (Fsp3) is 0.460. The second-order valence-electron chi connectivity index (χ2n) is 36.3. The second-order valence-corrected chi connectivity index (χ2v) is 36.3. The lowest BCUT2D eigenvalue weighted by Gasteiger charge is -2.44. The van der Waals surface area contributed by atoms with Gasteiger partial charge in [0, 0.05) is 26.2 Å². The number of carbonyl (C=O) groups excluding carboxylic acids is 6. The highest BCUT2D eigenvalue weighted by molar-refractivity contribution is 6.01. The number of para-hydroxylation sites is 12. The van der Waals surface area contributed by atoms with Crippen LogP contribution in [-0.4, -0.2) is 148 Å². The Morgan fingerprint density at radius 2 is 0.533 bits per heavy atom. The topological polar surface area (TPSA) is 262 Å². The lowest BCUT2D eigenvalue weighted by atomic mass is 9.82. The van der Waals surface area contributed by atoms with Crippen LogP contribution < -0.4 is 43.1 Å². The number of ether oxygens (including phenoxy) is 9. The molecule has 0 aliphatic carbocycles. The minimum Gasteiger partial charge on any atom is -0.485 e. The van der Waals surface area contributed by atoms with Crippen molar-refractivity contribution in [2.75, 3.05) is 60.6 Å². The van der Waals surface area contributed by atoms with Gasteiger partial charge in [0.15, 0.2) is 51.7 Å². The number of carboxylic acids is 1. The Hall–Kier alpha value is -12.6. The first-order chi connectivity index (χ1) is 64.7. The molecule has 9 aromatic carbocycles. The Kier molecular flexibility index (Phi) is 50.3. The van der Waals surface area contributed by atoms with E-state index in [1.54, 1.807) is 105 Å². The van der Waals surface area contributed by atoms with E-state index in [1.807, 2.05) is 324 Å². The van der Waals surface area contributed by atoms with Gasteiger partial charge in [-0.15, -0.1) is 0 Å². The molecule has 3 saturated heterocycles. The van der Waals surface area contributed by atoms with Gasteiger partial charge < -0.3 is 67.5 Å². The third kappa shape index (κ3) is 38.1. The Labute approximate surface area is 819 Å². The lowest BCUT2D eigenvalue weighted by Crippen LogP contribution is -2.60. The molecule has 24 nitrogen and oxygen atoms in total. The number of hydrogen-bond donors (Lipinski definition) is 2. The molecule has 0 saturated carbocycles. The third-order valence-corrected chi connectivity index (χ3v) is 20.9. The zero-order chi connectivity index (χ0) is 102. The van der Waals surface area contributed by atoms with Gasteiger partial charge in [-0.1, -0.05) is 295 Å². The summed E-state index contributed by atoms with van der Waals surface area (Å²) in [6.45, 7) is 55.0. The number of nitrogens with zero attached hydrogens (tertiary/aromatic N) is 6. The number of anilines is 3. The number of hydrogen-bond acceptors (Lipinski definition) is 17. The molecule has 3 heterocycles. The Morgan fingerprint density at radius 1 is 0.314 bits per heavy atom. The van der Waals surface area contributed by atoms with Crippen molar-refractivity contribution in [2.45, 2.75) is 282 Å². The molecule has 24 heteroatoms. The number of piperazine rings is 3. The van der Waals surface area contributed by atoms with Crippen molar-refractivity contribution in [3.05, 3.63) is 253 Å². The molecule has 0 unspecified atom stereocenters. The van der Waals surface area contributed by atoms with E-state index in [2.05, 4.69) is 20.8 Å². The normalized spacial score (nSPS) is 14.6. The molecule has 0 aromatic heterocycles. The van der Waals surface area contributed by atoms with Crippen molar-refractivity contribution in [3.8, 4) is 51.7 Å². The molecule has 3 aliphatic rings. The zero-order valence-corrected chi connectivity index (χ0v) is 86.3. The molecule has 9 aromatic rings. The summed E-state index contributed by atoms with van der Waals surface area (Å²) in [4.78, 5) is 101. The van der Waals surface area contributed by atoms with Crippen LogP contribution in [0.25, 0.3) is 0 Å². The number of carboxylic acid groups (broad SMARTS) is 1. The van der Waals surface area contributed by atoms with Crippen LogP contribution in [0.2, 0.25) is 0 Å². The van der Waals surface area contributed by atoms with Gasteiger partial charge >= 0.3 is 24.2 Å². The molecule has 0 bridgehead atoms. The van der Waals surface area contributed by atoms with Crippen LogP contribution in [-0.2, 0) is 53.2 Å². The van der Waals surface area contributed by atoms with E-state index in [9.17, 15) is 43.8 Å². The van der Waals surface area contributed by atoms with E-state index in [-0.39, 0.29) is 88.4 Å². The number of aliphatic hydroxyl groups is 1. The van der Waals surface area contributed by atoms with Crippen LogP contribution in [0.1, 0.15) is 244 Å². The van der Waals surface area contributed by atoms with E-state index in [0.29, 0.717) is 102 Å². The Morgan fingerprint density at radius 3 is 0.766 bits per heavy atom. The monoisotopic (exact) mass is 1890 g/mol. The van der Waals surface area contributed by atoms with Crippen LogP contribution in [0.5, 0.6) is 51.7 Å². The van der Waals surface area contributed by atoms with Crippen molar-refractivity contribution in [3.63, 3.8) is 0 Å². The van der Waals surface area contributed by atoms with E-state index in [1.165, 1.54) is 9.80 Å². The van der Waals surface area contributed by atoms with Gasteiger partial charge in [0.1, 0.15) is 56.3 Å². The first-order valence-corrected chi connectivity index (χ1v) is 48.1. The van der Waals surface area contributed by atoms with Gasteiger partial charge in [0.25, 0.3) is 0 Å². The highest BCUT2D eigenvalue weighted by atomic mass is 16.6. The molecule has 3 fully saturated rings. The summed E-state index contributed by atoms with van der Waals surface area (Å²) in [5.41, 5.74) is 1.06. The molecule has 2 N–H and O–H groups in total. The number of amides is 6. The third-order valence-electron chi connectivity index (χ3n) is 20.9. The molecular formula is C113H160N6O18. The summed E-state index contributed by atoms with van der Waals surface area (Å²) in [6.07, 6.45) is 0.603. The number of benzene rings is 9. The molecule has 6 amide bonds. The van der Waals surface area contributed by atoms with E-state index in [4.69, 9.17) is 42.6 Å². The summed E-state index contributed by atoms with van der Waals surface area (Å²) in [6, 6.07) is 72.6. The standard InChI is InChI=1S/C34H42N2O5.C33H38N2O7.C33H40N2O6.6C2H6.CH4/c1-7-34(5,6)21-26-22-36(31(37)23-35(26)32(38)41-33(2,3)4)27-17-11-12-18-28(27)40-30-20-14-13-19-29(30)39-24-25-15-9-8-10-16-25;1-32(2,3)42-31(39)34-21-29(36)35(20-24(34)19-33(4,5)30(37)38)25-15-9-10-16-26(25)41-28-18-12-11-17-27(28)40-22-23-13-7-6-8-14-23;1-32(2,3)41-31(38)34-21-30(37)35(20-25(34)19-33(4,5)23-36)26-15-9-10-16-27(26)40-29-18-12-11-17-28(29)39-22-24-13-7-6-8-14-24;6*1-2;/h8-20,26H,7,21-24H2,1-6H3;6-18,24H,19-22H2,1-5H3,(H,37,38);6-18,25,36H,19-23H2,1-5H3;6*1-2H3;1H4/t26-;24-;25-;;;;;;;/m000......./s1. The maximum atomic E-state index is 13.6. The number of aliphatic hydroxyl groups excluding tert-OH is 1. The van der Waals surface area contributed by atoms with Gasteiger partial charge in [-0.05, 0) is 196 Å². The SMILES string of the molecule is C.CC.CC.CC.CC.CC.CC.CC(C)(C)OC(=O)N1CC(=O)N(c2ccccc2Oc2ccccc2OCc2ccccc2)C[C@@H]1CC(C)(C)C(=O)O.CC(C)(CO)C[C@H]1CN(c2ccccc2Oc2ccccc2OCc2ccccc2)C(=O)CN1C(=O)OC(C)(C)C.CCC(C)(C)C[C@H]1CN(c2ccccc2Oc2ccccc2OCc2ccccc2)C(=O)CN1C(=O)OC(C)(C)C. The molecule has 0 radical (unpaired) electrons. The largest absolute Gasteiger partial charge is 0.485 e. The van der Waals surface area contributed by atoms with Crippen molar-refractivity contribution < 1.29 is 86.4 Å². The molecule has 750 valence electrons. The maximum Gasteiger partial charge on any atom is 0.411 e. The molecule has 0 spiro atoms. The first kappa shape index (κ1) is 119. The second kappa shape index (κ2) is 58.1.